The van der Waals surface area contributed by atoms with Crippen LogP contribution in [-0.4, -0.2) is 16.5 Å². The minimum absolute atomic E-state index is 0.591. The first kappa shape index (κ1) is 15.3. The average molecular weight is 285 g/mol. The van der Waals surface area contributed by atoms with Crippen molar-refractivity contribution in [2.75, 3.05) is 11.9 Å². The van der Waals surface area contributed by atoms with Gasteiger partial charge >= 0.3 is 0 Å². The first-order valence-corrected chi connectivity index (χ1v) is 7.63. The fourth-order valence-electron chi connectivity index (χ4n) is 1.98. The maximum absolute atomic E-state index is 5.89. The molecule has 1 heterocycles. The molecule has 4 heteroatoms. The van der Waals surface area contributed by atoms with E-state index in [9.17, 15) is 0 Å². The van der Waals surface area contributed by atoms with Gasteiger partial charge in [-0.15, -0.1) is 0 Å². The van der Waals surface area contributed by atoms with E-state index < -0.39 is 0 Å². The van der Waals surface area contributed by atoms with Crippen molar-refractivity contribution in [2.24, 2.45) is 0 Å². The smallest absolute Gasteiger partial charge is 0.224 e. The van der Waals surface area contributed by atoms with Crippen LogP contribution in [0.3, 0.4) is 0 Å². The molecule has 0 aliphatic carbocycles. The van der Waals surface area contributed by atoms with Crippen molar-refractivity contribution in [1.29, 1.82) is 0 Å². The summed E-state index contributed by atoms with van der Waals surface area (Å²) < 4.78 is 5.89. The van der Waals surface area contributed by atoms with Gasteiger partial charge in [0.25, 0.3) is 0 Å². The number of aryl methyl sites for hydroxylation is 2. The summed E-state index contributed by atoms with van der Waals surface area (Å²) in [6.07, 6.45) is 2.83. The van der Waals surface area contributed by atoms with Gasteiger partial charge in [-0.05, 0) is 30.5 Å². The van der Waals surface area contributed by atoms with Gasteiger partial charge in [-0.2, -0.15) is 4.98 Å². The van der Waals surface area contributed by atoms with Crippen LogP contribution in [0.1, 0.15) is 38.6 Å². The lowest BCUT2D eigenvalue weighted by Gasteiger charge is -2.10. The van der Waals surface area contributed by atoms with Crippen molar-refractivity contribution < 1.29 is 4.74 Å². The average Bonchev–Trinajstić information content (AvgIpc) is 2.52. The van der Waals surface area contributed by atoms with E-state index in [0.717, 1.165) is 43.2 Å². The van der Waals surface area contributed by atoms with Crippen molar-refractivity contribution in [3.63, 3.8) is 0 Å². The van der Waals surface area contributed by atoms with Gasteiger partial charge in [-0.1, -0.05) is 32.9 Å². The molecule has 0 saturated carbocycles. The summed E-state index contributed by atoms with van der Waals surface area (Å²) in [5, 5.41) is 3.29. The summed E-state index contributed by atoms with van der Waals surface area (Å²) in [5.74, 6) is 3.02. The van der Waals surface area contributed by atoms with Gasteiger partial charge in [0.15, 0.2) is 0 Å². The molecule has 0 aliphatic rings. The van der Waals surface area contributed by atoms with Crippen LogP contribution >= 0.6 is 0 Å². The summed E-state index contributed by atoms with van der Waals surface area (Å²) in [7, 11) is 0. The van der Waals surface area contributed by atoms with Crippen LogP contribution in [0.2, 0.25) is 0 Å². The molecule has 1 aromatic heterocycles. The summed E-state index contributed by atoms with van der Waals surface area (Å²) >= 11 is 0. The molecule has 1 aromatic carbocycles. The Bertz CT molecular complexity index is 584. The molecule has 2 aromatic rings. The molecule has 21 heavy (non-hydrogen) atoms. The number of benzene rings is 1. The van der Waals surface area contributed by atoms with Crippen molar-refractivity contribution in [2.45, 2.75) is 40.0 Å². The molecule has 0 aliphatic heterocycles. The lowest BCUT2D eigenvalue weighted by atomic mass is 10.2. The zero-order valence-corrected chi connectivity index (χ0v) is 13.0. The van der Waals surface area contributed by atoms with Gasteiger partial charge in [0.1, 0.15) is 17.4 Å². The second-order valence-electron chi connectivity index (χ2n) is 4.89. The van der Waals surface area contributed by atoms with E-state index in [1.165, 1.54) is 5.56 Å². The third kappa shape index (κ3) is 4.45. The van der Waals surface area contributed by atoms with Crippen LogP contribution in [0.15, 0.2) is 30.3 Å². The number of aromatic nitrogens is 2. The highest BCUT2D eigenvalue weighted by atomic mass is 16.5. The molecule has 1 N–H and O–H groups in total. The molecule has 2 rings (SSSR count). The van der Waals surface area contributed by atoms with Gasteiger partial charge in [0, 0.05) is 19.0 Å². The maximum Gasteiger partial charge on any atom is 0.224 e. The first-order valence-electron chi connectivity index (χ1n) is 7.63. The number of ether oxygens (including phenoxy) is 1. The molecular weight excluding hydrogens is 262 g/mol. The monoisotopic (exact) mass is 285 g/mol. The molecule has 112 valence electrons. The van der Waals surface area contributed by atoms with Crippen LogP contribution in [0, 0.1) is 0 Å². The standard InChI is InChI=1S/C17H23N3O/c1-4-10-18-16-12-17(20-15(6-3)19-16)21-14-9-7-8-13(5-2)11-14/h7-9,11-12H,4-6,10H2,1-3H3,(H,18,19,20). The number of nitrogens with one attached hydrogen (secondary N) is 1. The Morgan fingerprint density at radius 2 is 1.90 bits per heavy atom. The van der Waals surface area contributed by atoms with Crippen molar-refractivity contribution >= 4 is 5.82 Å². The topological polar surface area (TPSA) is 47.0 Å². The van der Waals surface area contributed by atoms with Crippen LogP contribution in [0.25, 0.3) is 0 Å². The molecule has 0 saturated heterocycles. The second kappa shape index (κ2) is 7.62. The quantitative estimate of drug-likeness (QED) is 0.827. The SMILES string of the molecule is CCCNc1cc(Oc2cccc(CC)c2)nc(CC)n1. The normalized spacial score (nSPS) is 10.4. The van der Waals surface area contributed by atoms with Crippen LogP contribution in [0.4, 0.5) is 5.82 Å². The summed E-state index contributed by atoms with van der Waals surface area (Å²) in [4.78, 5) is 8.90. The van der Waals surface area contributed by atoms with E-state index in [2.05, 4.69) is 35.2 Å². The van der Waals surface area contributed by atoms with E-state index >= 15 is 0 Å². The zero-order valence-electron chi connectivity index (χ0n) is 13.0. The lowest BCUT2D eigenvalue weighted by molar-refractivity contribution is 0.458. The zero-order chi connectivity index (χ0) is 15.1. The number of rotatable bonds is 7. The number of nitrogens with zero attached hydrogens (tertiary/aromatic N) is 2. The summed E-state index contributed by atoms with van der Waals surface area (Å²) in [6.45, 7) is 7.19. The van der Waals surface area contributed by atoms with Gasteiger partial charge in [0.2, 0.25) is 5.88 Å². The molecule has 0 spiro atoms. The Balaban J connectivity index is 2.21. The van der Waals surface area contributed by atoms with Crippen molar-refractivity contribution in [1.82, 2.24) is 9.97 Å². The van der Waals surface area contributed by atoms with Crippen LogP contribution < -0.4 is 10.1 Å². The third-order valence-electron chi connectivity index (χ3n) is 3.15. The van der Waals surface area contributed by atoms with Crippen LogP contribution in [0.5, 0.6) is 11.6 Å². The Morgan fingerprint density at radius 3 is 2.62 bits per heavy atom. The van der Waals surface area contributed by atoms with Gasteiger partial charge in [-0.3, -0.25) is 0 Å². The minimum Gasteiger partial charge on any atom is -0.439 e. The van der Waals surface area contributed by atoms with E-state index in [0.29, 0.717) is 5.88 Å². The van der Waals surface area contributed by atoms with E-state index in [1.807, 2.05) is 31.2 Å². The maximum atomic E-state index is 5.89. The molecular formula is C17H23N3O. The highest BCUT2D eigenvalue weighted by molar-refractivity contribution is 5.40. The fraction of sp³-hybridized carbons (Fsp3) is 0.412. The number of anilines is 1. The summed E-state index contributed by atoms with van der Waals surface area (Å²) in [6, 6.07) is 9.96. The second-order valence-corrected chi connectivity index (χ2v) is 4.89. The lowest BCUT2D eigenvalue weighted by Crippen LogP contribution is -2.05. The molecule has 0 bridgehead atoms. The highest BCUT2D eigenvalue weighted by Gasteiger charge is 2.06. The van der Waals surface area contributed by atoms with Crippen LogP contribution in [-0.2, 0) is 12.8 Å². The highest BCUT2D eigenvalue weighted by Crippen LogP contribution is 2.23. The molecule has 4 nitrogen and oxygen atoms in total. The molecule has 0 unspecified atom stereocenters. The van der Waals surface area contributed by atoms with Crippen molar-refractivity contribution in [3.8, 4) is 11.6 Å². The fourth-order valence-corrected chi connectivity index (χ4v) is 1.98. The molecule has 0 radical (unpaired) electrons. The van der Waals surface area contributed by atoms with Gasteiger partial charge in [0.05, 0.1) is 0 Å². The predicted octanol–water partition coefficient (Wildman–Crippen LogP) is 4.22. The first-order chi connectivity index (χ1) is 10.2. The largest absolute Gasteiger partial charge is 0.439 e. The summed E-state index contributed by atoms with van der Waals surface area (Å²) in [5.41, 5.74) is 1.25. The number of hydrogen-bond donors (Lipinski definition) is 1. The Labute approximate surface area is 126 Å². The Morgan fingerprint density at radius 1 is 1.05 bits per heavy atom. The Kier molecular flexibility index (Phi) is 5.55. The van der Waals surface area contributed by atoms with Crippen molar-refractivity contribution in [3.05, 3.63) is 41.7 Å². The minimum atomic E-state index is 0.591. The molecule has 0 amide bonds. The predicted molar refractivity (Wildman–Crippen MR) is 86.1 cm³/mol. The van der Waals surface area contributed by atoms with Gasteiger partial charge in [-0.25, -0.2) is 4.98 Å². The van der Waals surface area contributed by atoms with E-state index in [4.69, 9.17) is 4.74 Å². The van der Waals surface area contributed by atoms with Gasteiger partial charge < -0.3 is 10.1 Å². The van der Waals surface area contributed by atoms with E-state index in [1.54, 1.807) is 0 Å². The number of hydrogen-bond acceptors (Lipinski definition) is 4. The Hall–Kier alpha value is -2.10. The molecule has 0 atom stereocenters. The third-order valence-corrected chi connectivity index (χ3v) is 3.15. The molecule has 0 fully saturated rings. The van der Waals surface area contributed by atoms with E-state index in [-0.39, 0.29) is 0 Å².